The molecule has 1 aromatic heterocycles. The second-order valence-electron chi connectivity index (χ2n) is 7.32. The Hall–Kier alpha value is -1.92. The van der Waals surface area contributed by atoms with Gasteiger partial charge in [-0.3, -0.25) is 0 Å². The van der Waals surface area contributed by atoms with Crippen molar-refractivity contribution in [3.8, 4) is 0 Å². The molecule has 2 rings (SSSR count). The number of aliphatic hydroxyl groups excluding tert-OH is 1. The van der Waals surface area contributed by atoms with Gasteiger partial charge in [0.25, 0.3) is 0 Å². The average molecular weight is 416 g/mol. The fourth-order valence-electron chi connectivity index (χ4n) is 3.06. The molecule has 0 spiro atoms. The van der Waals surface area contributed by atoms with Crippen LogP contribution in [-0.2, 0) is 6.54 Å². The van der Waals surface area contributed by atoms with Gasteiger partial charge < -0.3 is 20.2 Å². The molecule has 158 valence electrons. The van der Waals surface area contributed by atoms with Crippen molar-refractivity contribution < 1.29 is 15.3 Å². The van der Waals surface area contributed by atoms with Crippen molar-refractivity contribution in [3.63, 3.8) is 0 Å². The maximum atomic E-state index is 10.4. The van der Waals surface area contributed by atoms with Gasteiger partial charge in [-0.1, -0.05) is 63.3 Å². The van der Waals surface area contributed by atoms with Crippen LogP contribution in [0.2, 0.25) is 0 Å². The van der Waals surface area contributed by atoms with E-state index in [-0.39, 0.29) is 0 Å². The van der Waals surface area contributed by atoms with E-state index in [1.54, 1.807) is 23.5 Å². The largest absolute Gasteiger partial charge is 0.386 e. The quantitative estimate of drug-likeness (QED) is 0.365. The summed E-state index contributed by atoms with van der Waals surface area (Å²) in [6, 6.07) is 11.6. The van der Waals surface area contributed by atoms with Crippen LogP contribution in [0.4, 0.5) is 5.00 Å². The summed E-state index contributed by atoms with van der Waals surface area (Å²) in [6.07, 6.45) is 6.90. The third-order valence-corrected chi connectivity index (χ3v) is 6.57. The molecule has 2 aromatic rings. The smallest absolute Gasteiger partial charge is 0.178 e. The van der Waals surface area contributed by atoms with E-state index in [1.807, 2.05) is 38.1 Å². The Bertz CT molecular complexity index is 817. The summed E-state index contributed by atoms with van der Waals surface area (Å²) < 4.78 is 0. The van der Waals surface area contributed by atoms with Crippen LogP contribution in [-0.4, -0.2) is 28.0 Å². The first-order chi connectivity index (χ1) is 13.8. The van der Waals surface area contributed by atoms with Crippen molar-refractivity contribution in [2.24, 2.45) is 0 Å². The molecule has 0 bridgehead atoms. The number of hydrogen-bond acceptors (Lipinski definition) is 5. The van der Waals surface area contributed by atoms with Crippen molar-refractivity contribution >= 4 is 21.9 Å². The Kier molecular flexibility index (Phi) is 8.65. The van der Waals surface area contributed by atoms with Crippen LogP contribution in [0.15, 0.2) is 54.6 Å². The molecule has 1 aromatic carbocycles. The number of allylic oxidation sites excluding steroid dienone is 3. The molecule has 0 amide bonds. The lowest BCUT2D eigenvalue weighted by Gasteiger charge is -2.20. The van der Waals surface area contributed by atoms with E-state index in [1.165, 1.54) is 15.5 Å². The first kappa shape index (κ1) is 23.4. The second kappa shape index (κ2) is 10.7. The highest BCUT2D eigenvalue weighted by molar-refractivity contribution is 7.17. The van der Waals surface area contributed by atoms with Crippen LogP contribution >= 0.6 is 11.3 Å². The van der Waals surface area contributed by atoms with Gasteiger partial charge in [-0.2, -0.15) is 0 Å². The highest BCUT2D eigenvalue weighted by Crippen LogP contribution is 2.32. The predicted octanol–water partition coefficient (Wildman–Crippen LogP) is 5.27. The van der Waals surface area contributed by atoms with E-state index in [0.29, 0.717) is 18.4 Å². The highest BCUT2D eigenvalue weighted by atomic mass is 32.1. The van der Waals surface area contributed by atoms with Gasteiger partial charge in [-0.05, 0) is 42.5 Å². The van der Waals surface area contributed by atoms with E-state index in [2.05, 4.69) is 37.1 Å². The Labute approximate surface area is 178 Å². The number of benzene rings is 1. The van der Waals surface area contributed by atoms with Gasteiger partial charge in [0.1, 0.15) is 0 Å². The summed E-state index contributed by atoms with van der Waals surface area (Å²) in [4.78, 5) is 3.42. The molecule has 0 saturated heterocycles. The van der Waals surface area contributed by atoms with Gasteiger partial charge >= 0.3 is 0 Å². The minimum atomic E-state index is -1.43. The maximum absolute atomic E-state index is 10.4. The standard InChI is InChI=1S/C24H33NO3S/c1-5-19(9-8-16-24(28,6-2)7-3)21-14-15-22(29-21)25(4)17-18-10-12-20(13-11-18)23(26)27/h8-16,23,26-28H,5-7,17H2,1-4H3. The molecular weight excluding hydrogens is 382 g/mol. The molecule has 0 radical (unpaired) electrons. The molecule has 0 atom stereocenters. The van der Waals surface area contributed by atoms with Gasteiger partial charge in [0, 0.05) is 24.0 Å². The van der Waals surface area contributed by atoms with E-state index in [4.69, 9.17) is 0 Å². The monoisotopic (exact) mass is 415 g/mol. The van der Waals surface area contributed by atoms with Crippen LogP contribution in [0.5, 0.6) is 0 Å². The number of thiophene rings is 1. The van der Waals surface area contributed by atoms with Gasteiger partial charge in [0.2, 0.25) is 0 Å². The minimum absolute atomic E-state index is 0.499. The molecule has 0 aliphatic carbocycles. The van der Waals surface area contributed by atoms with E-state index >= 15 is 0 Å². The van der Waals surface area contributed by atoms with Crippen LogP contribution < -0.4 is 4.90 Å². The lowest BCUT2D eigenvalue weighted by Crippen LogP contribution is -2.22. The van der Waals surface area contributed by atoms with Crippen molar-refractivity contribution in [2.45, 2.75) is 58.5 Å². The molecule has 5 heteroatoms. The zero-order valence-corrected chi connectivity index (χ0v) is 18.6. The SMILES string of the molecule is CCC(=CC=CC(O)(CC)CC)c1ccc(N(C)Cc2ccc(C(O)O)cc2)s1. The number of hydrogen-bond donors (Lipinski definition) is 3. The van der Waals surface area contributed by atoms with Gasteiger partial charge in [-0.15, -0.1) is 11.3 Å². The summed E-state index contributed by atoms with van der Waals surface area (Å²) in [6.45, 7) is 6.89. The number of anilines is 1. The molecule has 0 aliphatic heterocycles. The van der Waals surface area contributed by atoms with Crippen LogP contribution in [0.25, 0.3) is 5.57 Å². The van der Waals surface area contributed by atoms with Crippen LogP contribution in [0.1, 0.15) is 62.3 Å². The summed E-state index contributed by atoms with van der Waals surface area (Å²) >= 11 is 1.75. The Morgan fingerprint density at radius 2 is 1.72 bits per heavy atom. The lowest BCUT2D eigenvalue weighted by atomic mass is 9.97. The molecule has 4 nitrogen and oxygen atoms in total. The molecule has 0 aliphatic rings. The van der Waals surface area contributed by atoms with Crippen molar-refractivity contribution in [2.75, 3.05) is 11.9 Å². The second-order valence-corrected chi connectivity index (χ2v) is 8.39. The van der Waals surface area contributed by atoms with E-state index < -0.39 is 11.9 Å². The summed E-state index contributed by atoms with van der Waals surface area (Å²) in [5, 5.41) is 30.0. The van der Waals surface area contributed by atoms with Gasteiger partial charge in [0.15, 0.2) is 6.29 Å². The average Bonchev–Trinajstić information content (AvgIpc) is 3.21. The molecule has 0 fully saturated rings. The summed E-state index contributed by atoms with van der Waals surface area (Å²) in [5.41, 5.74) is 2.14. The zero-order valence-electron chi connectivity index (χ0n) is 17.8. The van der Waals surface area contributed by atoms with Crippen LogP contribution in [0.3, 0.4) is 0 Å². The van der Waals surface area contributed by atoms with Crippen LogP contribution in [0, 0.1) is 0 Å². The van der Waals surface area contributed by atoms with Crippen molar-refractivity contribution in [3.05, 3.63) is 70.6 Å². The minimum Gasteiger partial charge on any atom is -0.386 e. The number of nitrogens with zero attached hydrogens (tertiary/aromatic N) is 1. The molecule has 29 heavy (non-hydrogen) atoms. The fourth-order valence-corrected chi connectivity index (χ4v) is 4.12. The lowest BCUT2D eigenvalue weighted by molar-refractivity contribution is -0.0424. The summed E-state index contributed by atoms with van der Waals surface area (Å²) in [5.74, 6) is 0. The molecule has 1 heterocycles. The molecule has 0 unspecified atom stereocenters. The molecule has 0 saturated carbocycles. The topological polar surface area (TPSA) is 63.9 Å². The molecular formula is C24H33NO3S. The fraction of sp³-hybridized carbons (Fsp3) is 0.417. The first-order valence-corrected chi connectivity index (χ1v) is 11.0. The normalized spacial score (nSPS) is 12.9. The van der Waals surface area contributed by atoms with Crippen molar-refractivity contribution in [1.29, 1.82) is 0 Å². The van der Waals surface area contributed by atoms with E-state index in [0.717, 1.165) is 18.5 Å². The zero-order chi connectivity index (χ0) is 21.4. The third-order valence-electron chi connectivity index (χ3n) is 5.29. The van der Waals surface area contributed by atoms with Crippen molar-refractivity contribution in [1.82, 2.24) is 0 Å². The third kappa shape index (κ3) is 6.54. The number of aliphatic hydroxyl groups is 3. The molecule has 3 N–H and O–H groups in total. The Balaban J connectivity index is 2.09. The van der Waals surface area contributed by atoms with Gasteiger partial charge in [-0.25, -0.2) is 0 Å². The maximum Gasteiger partial charge on any atom is 0.178 e. The Morgan fingerprint density at radius 1 is 1.07 bits per heavy atom. The highest BCUT2D eigenvalue weighted by Gasteiger charge is 2.17. The van der Waals surface area contributed by atoms with E-state index in [9.17, 15) is 15.3 Å². The summed E-state index contributed by atoms with van der Waals surface area (Å²) in [7, 11) is 2.06. The first-order valence-electron chi connectivity index (χ1n) is 10.2. The predicted molar refractivity (Wildman–Crippen MR) is 123 cm³/mol. The Morgan fingerprint density at radius 3 is 2.28 bits per heavy atom. The number of rotatable bonds is 10. The van der Waals surface area contributed by atoms with Gasteiger partial charge in [0.05, 0.1) is 10.6 Å².